The summed E-state index contributed by atoms with van der Waals surface area (Å²) in [7, 11) is 0. The van der Waals surface area contributed by atoms with E-state index >= 15 is 0 Å². The Kier molecular flexibility index (Phi) is 35.7. The van der Waals surface area contributed by atoms with Gasteiger partial charge in [0.05, 0.1) is 6.61 Å². The highest BCUT2D eigenvalue weighted by molar-refractivity contribution is 5.69. The number of hydrogen-bond acceptors (Lipinski definition) is 2. The topological polar surface area (TPSA) is 26.3 Å². The van der Waals surface area contributed by atoms with Crippen molar-refractivity contribution >= 4 is 5.97 Å². The normalized spacial score (nSPS) is 12.4. The minimum atomic E-state index is 0.0161. The van der Waals surface area contributed by atoms with E-state index in [2.05, 4.69) is 32.9 Å². The second-order valence-electron chi connectivity index (χ2n) is 13.5. The molecule has 0 saturated carbocycles. The fourth-order valence-corrected chi connectivity index (χ4v) is 5.86. The van der Waals surface area contributed by atoms with Gasteiger partial charge in [0.2, 0.25) is 0 Å². The Morgan fingerprint density at radius 1 is 0.500 bits per heavy atom. The molecule has 0 aromatic carbocycles. The fraction of sp³-hybridized carbons (Fsp3) is 0.925. The maximum Gasteiger partial charge on any atom is 0.305 e. The van der Waals surface area contributed by atoms with Gasteiger partial charge >= 0.3 is 5.97 Å². The number of ether oxygens (including phenoxy) is 1. The van der Waals surface area contributed by atoms with Crippen LogP contribution in [0, 0.1) is 5.92 Å². The molecule has 0 heterocycles. The third kappa shape index (κ3) is 35.4. The fourth-order valence-electron chi connectivity index (χ4n) is 5.86. The summed E-state index contributed by atoms with van der Waals surface area (Å²) in [6.45, 7) is 7.58. The smallest absolute Gasteiger partial charge is 0.305 e. The van der Waals surface area contributed by atoms with Crippen LogP contribution in [0.3, 0.4) is 0 Å². The van der Waals surface area contributed by atoms with Gasteiger partial charge in [0.25, 0.3) is 0 Å². The lowest BCUT2D eigenvalue weighted by Gasteiger charge is -2.07. The summed E-state index contributed by atoms with van der Waals surface area (Å²) in [6, 6.07) is 0. The molecule has 250 valence electrons. The van der Waals surface area contributed by atoms with Crippen LogP contribution in [0.2, 0.25) is 0 Å². The lowest BCUT2D eigenvalue weighted by atomic mass is 9.99. The standard InChI is InChI=1S/C40H78O2/c1-4-6-7-8-9-10-21-25-28-31-34-37-40(41)42-38-35-32-29-26-23-20-18-16-14-12-11-13-15-17-19-22-24-27-30-33-36-39(3)5-2/h8-9,39H,4-7,10-38H2,1-3H3. The molecule has 2 heteroatoms. The lowest BCUT2D eigenvalue weighted by Crippen LogP contribution is -2.05. The van der Waals surface area contributed by atoms with E-state index in [0.717, 1.165) is 25.2 Å². The molecule has 0 spiro atoms. The second-order valence-corrected chi connectivity index (χ2v) is 13.5. The summed E-state index contributed by atoms with van der Waals surface area (Å²) in [5.41, 5.74) is 0. The van der Waals surface area contributed by atoms with Crippen LogP contribution in [0.15, 0.2) is 12.2 Å². The van der Waals surface area contributed by atoms with Gasteiger partial charge in [-0.3, -0.25) is 4.79 Å². The Morgan fingerprint density at radius 2 is 0.881 bits per heavy atom. The van der Waals surface area contributed by atoms with Gasteiger partial charge in [0, 0.05) is 6.42 Å². The zero-order valence-corrected chi connectivity index (χ0v) is 29.4. The van der Waals surface area contributed by atoms with Crippen molar-refractivity contribution in [3.8, 4) is 0 Å². The summed E-state index contributed by atoms with van der Waals surface area (Å²) >= 11 is 0. The Bertz CT molecular complexity index is 540. The van der Waals surface area contributed by atoms with Gasteiger partial charge in [-0.2, -0.15) is 0 Å². The van der Waals surface area contributed by atoms with E-state index in [1.54, 1.807) is 0 Å². The van der Waals surface area contributed by atoms with Gasteiger partial charge in [-0.1, -0.05) is 200 Å². The molecule has 0 aliphatic heterocycles. The molecular weight excluding hydrogens is 512 g/mol. The van der Waals surface area contributed by atoms with Crippen molar-refractivity contribution in [2.75, 3.05) is 6.61 Å². The van der Waals surface area contributed by atoms with E-state index in [1.807, 2.05) is 0 Å². The van der Waals surface area contributed by atoms with Gasteiger partial charge in [-0.05, 0) is 38.0 Å². The molecule has 2 nitrogen and oxygen atoms in total. The zero-order valence-electron chi connectivity index (χ0n) is 29.4. The molecule has 0 aliphatic rings. The number of unbranched alkanes of at least 4 members (excludes halogenated alkanes) is 26. The van der Waals surface area contributed by atoms with Gasteiger partial charge < -0.3 is 4.74 Å². The van der Waals surface area contributed by atoms with Crippen LogP contribution in [-0.2, 0) is 9.53 Å². The van der Waals surface area contributed by atoms with Crippen molar-refractivity contribution in [1.82, 2.24) is 0 Å². The average Bonchev–Trinajstić information content (AvgIpc) is 3.00. The first-order valence-corrected chi connectivity index (χ1v) is 19.5. The third-order valence-corrected chi connectivity index (χ3v) is 9.19. The van der Waals surface area contributed by atoms with Crippen LogP contribution in [0.5, 0.6) is 0 Å². The van der Waals surface area contributed by atoms with Crippen molar-refractivity contribution in [1.29, 1.82) is 0 Å². The predicted octanol–water partition coefficient (Wildman–Crippen LogP) is 14.2. The molecule has 42 heavy (non-hydrogen) atoms. The lowest BCUT2D eigenvalue weighted by molar-refractivity contribution is -0.143. The summed E-state index contributed by atoms with van der Waals surface area (Å²) in [5, 5.41) is 0. The molecule has 0 bridgehead atoms. The van der Waals surface area contributed by atoms with Crippen LogP contribution < -0.4 is 0 Å². The molecule has 1 unspecified atom stereocenters. The molecule has 0 radical (unpaired) electrons. The summed E-state index contributed by atoms with van der Waals surface area (Å²) in [4.78, 5) is 11.9. The monoisotopic (exact) mass is 591 g/mol. The Balaban J connectivity index is 3.16. The van der Waals surface area contributed by atoms with Crippen LogP contribution in [0.25, 0.3) is 0 Å². The zero-order chi connectivity index (χ0) is 30.6. The van der Waals surface area contributed by atoms with Gasteiger partial charge in [0.15, 0.2) is 0 Å². The molecule has 0 rings (SSSR count). The van der Waals surface area contributed by atoms with E-state index in [4.69, 9.17) is 4.74 Å². The number of carbonyl (C=O) groups is 1. The quantitative estimate of drug-likeness (QED) is 0.0417. The third-order valence-electron chi connectivity index (χ3n) is 9.19. The molecule has 0 aromatic rings. The molecular formula is C40H78O2. The number of carbonyl (C=O) groups excluding carboxylic acids is 1. The van der Waals surface area contributed by atoms with Crippen LogP contribution >= 0.6 is 0 Å². The highest BCUT2D eigenvalue weighted by Crippen LogP contribution is 2.17. The minimum Gasteiger partial charge on any atom is -0.466 e. The van der Waals surface area contributed by atoms with Gasteiger partial charge in [-0.15, -0.1) is 0 Å². The van der Waals surface area contributed by atoms with Crippen molar-refractivity contribution in [2.24, 2.45) is 5.92 Å². The molecule has 1 atom stereocenters. The molecule has 0 saturated heterocycles. The van der Waals surface area contributed by atoms with E-state index in [1.165, 1.54) is 180 Å². The Labute approximate surface area is 266 Å². The number of hydrogen-bond donors (Lipinski definition) is 0. The van der Waals surface area contributed by atoms with Crippen LogP contribution in [0.1, 0.15) is 226 Å². The van der Waals surface area contributed by atoms with Crippen molar-refractivity contribution in [3.63, 3.8) is 0 Å². The maximum absolute atomic E-state index is 11.9. The Hall–Kier alpha value is -0.790. The molecule has 0 aliphatic carbocycles. The Morgan fingerprint density at radius 3 is 1.33 bits per heavy atom. The number of rotatable bonds is 35. The molecule has 0 amide bonds. The summed E-state index contributed by atoms with van der Waals surface area (Å²) in [6.07, 6.45) is 47.1. The maximum atomic E-state index is 11.9. The molecule has 0 N–H and O–H groups in total. The second kappa shape index (κ2) is 36.4. The highest BCUT2D eigenvalue weighted by atomic mass is 16.5. The van der Waals surface area contributed by atoms with Crippen molar-refractivity contribution in [3.05, 3.63) is 12.2 Å². The first-order chi connectivity index (χ1) is 20.7. The van der Waals surface area contributed by atoms with E-state index in [-0.39, 0.29) is 5.97 Å². The first-order valence-electron chi connectivity index (χ1n) is 19.5. The predicted molar refractivity (Wildman–Crippen MR) is 188 cm³/mol. The van der Waals surface area contributed by atoms with Crippen LogP contribution in [0.4, 0.5) is 0 Å². The van der Waals surface area contributed by atoms with Crippen molar-refractivity contribution in [2.45, 2.75) is 226 Å². The number of allylic oxidation sites excluding steroid dienone is 2. The molecule has 0 fully saturated rings. The van der Waals surface area contributed by atoms with Gasteiger partial charge in [-0.25, -0.2) is 0 Å². The minimum absolute atomic E-state index is 0.0161. The van der Waals surface area contributed by atoms with Crippen molar-refractivity contribution < 1.29 is 9.53 Å². The average molecular weight is 591 g/mol. The van der Waals surface area contributed by atoms with E-state index in [9.17, 15) is 4.79 Å². The summed E-state index contributed by atoms with van der Waals surface area (Å²) < 4.78 is 5.44. The largest absolute Gasteiger partial charge is 0.466 e. The van der Waals surface area contributed by atoms with E-state index in [0.29, 0.717) is 13.0 Å². The SMILES string of the molecule is CCCCC=CCCCCCCCC(=O)OCCCCCCCCCCCCCCCCCCCCCCC(C)CC. The molecule has 0 aromatic heterocycles. The first kappa shape index (κ1) is 41.2. The van der Waals surface area contributed by atoms with Gasteiger partial charge in [0.1, 0.15) is 0 Å². The number of esters is 1. The van der Waals surface area contributed by atoms with E-state index < -0.39 is 0 Å². The highest BCUT2D eigenvalue weighted by Gasteiger charge is 2.03. The van der Waals surface area contributed by atoms with Crippen LogP contribution in [-0.4, -0.2) is 12.6 Å². The summed E-state index contributed by atoms with van der Waals surface area (Å²) in [5.74, 6) is 0.951.